The molecular formula is C20H45N7. The highest BCUT2D eigenvalue weighted by Gasteiger charge is 2.33. The van der Waals surface area contributed by atoms with Gasteiger partial charge in [0.25, 0.3) is 0 Å². The molecule has 2 unspecified atom stereocenters. The van der Waals surface area contributed by atoms with Gasteiger partial charge >= 0.3 is 0 Å². The Morgan fingerprint density at radius 1 is 0.667 bits per heavy atom. The average Bonchev–Trinajstić information content (AvgIpc) is 2.63. The van der Waals surface area contributed by atoms with E-state index in [2.05, 4.69) is 64.5 Å². The van der Waals surface area contributed by atoms with Gasteiger partial charge in [-0.2, -0.15) is 0 Å². The monoisotopic (exact) mass is 383 g/mol. The summed E-state index contributed by atoms with van der Waals surface area (Å²) in [6.07, 6.45) is 0. The van der Waals surface area contributed by atoms with Crippen molar-refractivity contribution in [2.24, 2.45) is 23.2 Å². The number of hydrogen-bond donors (Lipinski definition) is 6. The Kier molecular flexibility index (Phi) is 10.5. The molecule has 0 aromatic rings. The second-order valence-corrected chi connectivity index (χ2v) is 9.22. The molecule has 7 nitrogen and oxygen atoms in total. The van der Waals surface area contributed by atoms with Crippen LogP contribution in [0.2, 0.25) is 0 Å². The van der Waals surface area contributed by atoms with Gasteiger partial charge in [-0.05, 0) is 30.8 Å². The number of hydrogen-bond acceptors (Lipinski definition) is 7. The van der Waals surface area contributed by atoms with Crippen LogP contribution in [0.1, 0.15) is 27.7 Å². The van der Waals surface area contributed by atoms with Crippen LogP contribution in [0, 0.1) is 23.2 Å². The van der Waals surface area contributed by atoms with E-state index < -0.39 is 0 Å². The first-order valence-electron chi connectivity index (χ1n) is 11.0. The smallest absolute Gasteiger partial charge is 0.0505 e. The second-order valence-electron chi connectivity index (χ2n) is 9.22. The fourth-order valence-corrected chi connectivity index (χ4v) is 3.94. The van der Waals surface area contributed by atoms with Crippen molar-refractivity contribution in [3.8, 4) is 0 Å². The van der Waals surface area contributed by atoms with Crippen LogP contribution in [-0.2, 0) is 0 Å². The zero-order valence-electron chi connectivity index (χ0n) is 18.2. The molecule has 2 bridgehead atoms. The molecule has 0 aliphatic carbocycles. The molecule has 7 heteroatoms. The maximum absolute atomic E-state index is 3.79. The molecule has 6 N–H and O–H groups in total. The van der Waals surface area contributed by atoms with E-state index in [0.717, 1.165) is 78.9 Å². The lowest BCUT2D eigenvalue weighted by molar-refractivity contribution is 0.163. The molecule has 27 heavy (non-hydrogen) atoms. The first-order valence-corrected chi connectivity index (χ1v) is 11.0. The van der Waals surface area contributed by atoms with Crippen molar-refractivity contribution in [3.63, 3.8) is 0 Å². The Bertz CT molecular complexity index is 369. The first-order chi connectivity index (χ1) is 13.0. The third-order valence-electron chi connectivity index (χ3n) is 6.11. The van der Waals surface area contributed by atoms with E-state index in [-0.39, 0.29) is 5.41 Å². The lowest BCUT2D eigenvalue weighted by Gasteiger charge is -2.39. The highest BCUT2D eigenvalue weighted by molar-refractivity contribution is 4.90. The fraction of sp³-hybridized carbons (Fsp3) is 1.00. The van der Waals surface area contributed by atoms with Gasteiger partial charge in [-0.15, -0.1) is 0 Å². The highest BCUT2D eigenvalue weighted by Crippen LogP contribution is 2.26. The van der Waals surface area contributed by atoms with Crippen LogP contribution in [0.4, 0.5) is 0 Å². The summed E-state index contributed by atoms with van der Waals surface area (Å²) in [6.45, 7) is 21.6. The molecule has 0 amide bonds. The van der Waals surface area contributed by atoms with Crippen molar-refractivity contribution in [3.05, 3.63) is 0 Å². The van der Waals surface area contributed by atoms with Crippen molar-refractivity contribution in [1.82, 2.24) is 36.8 Å². The molecule has 0 aromatic carbocycles. The summed E-state index contributed by atoms with van der Waals surface area (Å²) in [5.41, 5.74) is 0.229. The summed E-state index contributed by atoms with van der Waals surface area (Å²) in [4.78, 5) is 2.41. The summed E-state index contributed by atoms with van der Waals surface area (Å²) < 4.78 is 0. The summed E-state index contributed by atoms with van der Waals surface area (Å²) in [7, 11) is 0. The average molecular weight is 384 g/mol. The zero-order valence-corrected chi connectivity index (χ0v) is 18.2. The van der Waals surface area contributed by atoms with Gasteiger partial charge in [0.15, 0.2) is 0 Å². The minimum absolute atomic E-state index is 0.229. The summed E-state index contributed by atoms with van der Waals surface area (Å²) >= 11 is 0. The largest absolute Gasteiger partial charge is 0.316 e. The molecule has 2 fully saturated rings. The topological polar surface area (TPSA) is 75.4 Å². The van der Waals surface area contributed by atoms with Crippen molar-refractivity contribution >= 4 is 0 Å². The molecule has 0 aromatic heterocycles. The van der Waals surface area contributed by atoms with Crippen LogP contribution in [0.3, 0.4) is 0 Å². The molecule has 160 valence electrons. The molecule has 2 heterocycles. The number of rotatable bonds is 1. The van der Waals surface area contributed by atoms with Gasteiger partial charge in [0.05, 0.1) is 20.0 Å². The molecule has 0 radical (unpaired) electrons. The van der Waals surface area contributed by atoms with Crippen molar-refractivity contribution in [1.29, 1.82) is 0 Å². The summed E-state index contributed by atoms with van der Waals surface area (Å²) in [6, 6.07) is 0. The molecule has 0 saturated carbocycles. The summed E-state index contributed by atoms with van der Waals surface area (Å²) in [5.74, 6) is 1.86. The van der Waals surface area contributed by atoms with Gasteiger partial charge in [-0.3, -0.25) is 4.90 Å². The predicted molar refractivity (Wildman–Crippen MR) is 115 cm³/mol. The van der Waals surface area contributed by atoms with Gasteiger partial charge in [0.1, 0.15) is 0 Å². The Labute approximate surface area is 167 Å². The highest BCUT2D eigenvalue weighted by atomic mass is 15.3. The van der Waals surface area contributed by atoms with Crippen molar-refractivity contribution in [2.45, 2.75) is 27.7 Å². The molecule has 2 aliphatic heterocycles. The van der Waals surface area contributed by atoms with E-state index in [0.29, 0.717) is 17.8 Å². The zero-order chi connectivity index (χ0) is 19.5. The molecule has 2 aliphatic rings. The van der Waals surface area contributed by atoms with Crippen LogP contribution in [-0.4, -0.2) is 83.8 Å². The van der Waals surface area contributed by atoms with E-state index >= 15 is 0 Å². The minimum atomic E-state index is 0.229. The Morgan fingerprint density at radius 2 is 1.11 bits per heavy atom. The van der Waals surface area contributed by atoms with Crippen LogP contribution in [0.15, 0.2) is 0 Å². The number of nitrogens with zero attached hydrogens (tertiary/aromatic N) is 1. The lowest BCUT2D eigenvalue weighted by Crippen LogP contribution is -2.53. The van der Waals surface area contributed by atoms with Crippen LogP contribution < -0.4 is 31.9 Å². The Balaban J connectivity index is 2.14. The maximum atomic E-state index is 3.79. The minimum Gasteiger partial charge on any atom is -0.316 e. The van der Waals surface area contributed by atoms with Gasteiger partial charge < -0.3 is 31.9 Å². The fourth-order valence-electron chi connectivity index (χ4n) is 3.94. The van der Waals surface area contributed by atoms with E-state index in [9.17, 15) is 0 Å². The number of fused-ring (bicyclic) bond motifs is 7. The molecule has 2 rings (SSSR count). The van der Waals surface area contributed by atoms with Crippen LogP contribution in [0.5, 0.6) is 0 Å². The van der Waals surface area contributed by atoms with Gasteiger partial charge in [0.2, 0.25) is 0 Å². The standard InChI is InChI=1S/C20H45N7/c1-17(2)20-11-21-5-6-22-14-27(15-25-9-18(3)7-23-12-20)16-26-10-19(4)8-24-13-20/h17-19,21-26H,5-16H2,1-4H3. The second kappa shape index (κ2) is 12.3. The third-order valence-corrected chi connectivity index (χ3v) is 6.11. The first kappa shape index (κ1) is 23.0. The van der Waals surface area contributed by atoms with E-state index in [1.165, 1.54) is 0 Å². The van der Waals surface area contributed by atoms with Crippen LogP contribution >= 0.6 is 0 Å². The van der Waals surface area contributed by atoms with E-state index in [1.54, 1.807) is 0 Å². The maximum Gasteiger partial charge on any atom is 0.0505 e. The van der Waals surface area contributed by atoms with E-state index in [4.69, 9.17) is 0 Å². The molecule has 0 spiro atoms. The molecule has 2 saturated heterocycles. The van der Waals surface area contributed by atoms with Crippen LogP contribution in [0.25, 0.3) is 0 Å². The summed E-state index contributed by atoms with van der Waals surface area (Å²) in [5, 5.41) is 22.2. The number of nitrogens with one attached hydrogen (secondary N) is 6. The normalized spacial score (nSPS) is 36.6. The Hall–Kier alpha value is -0.280. The van der Waals surface area contributed by atoms with Gasteiger partial charge in [-0.25, -0.2) is 0 Å². The molecular weight excluding hydrogens is 338 g/mol. The SMILES string of the molecule is CC1CNCN2CNCCNCC(C(C)C)(CNC1)CNCC(C)CNC2. The lowest BCUT2D eigenvalue weighted by atomic mass is 9.76. The van der Waals surface area contributed by atoms with Gasteiger partial charge in [0, 0.05) is 51.2 Å². The van der Waals surface area contributed by atoms with Crippen molar-refractivity contribution in [2.75, 3.05) is 78.9 Å². The van der Waals surface area contributed by atoms with Crippen molar-refractivity contribution < 1.29 is 0 Å². The van der Waals surface area contributed by atoms with Gasteiger partial charge in [-0.1, -0.05) is 27.7 Å². The Morgan fingerprint density at radius 3 is 1.67 bits per heavy atom. The predicted octanol–water partition coefficient (Wildman–Crippen LogP) is -0.360. The quantitative estimate of drug-likeness (QED) is 0.369. The molecule has 2 atom stereocenters. The van der Waals surface area contributed by atoms with E-state index in [1.807, 2.05) is 0 Å². The third kappa shape index (κ3) is 8.31.